The van der Waals surface area contributed by atoms with E-state index in [0.29, 0.717) is 30.2 Å². The summed E-state index contributed by atoms with van der Waals surface area (Å²) in [6.45, 7) is 9.08. The van der Waals surface area contributed by atoms with Gasteiger partial charge in [0.1, 0.15) is 18.1 Å². The Morgan fingerprint density at radius 1 is 1.00 bits per heavy atom. The first kappa shape index (κ1) is 20.6. The number of ether oxygens (including phenoxy) is 2. The molecule has 2 rings (SSSR count). The minimum Gasteiger partial charge on any atom is -0.494 e. The van der Waals surface area contributed by atoms with Crippen LogP contribution in [0.15, 0.2) is 60.7 Å². The number of rotatable bonds is 11. The van der Waals surface area contributed by atoms with Crippen LogP contribution in [0, 0.1) is 0 Å². The van der Waals surface area contributed by atoms with Crippen LogP contribution in [0.25, 0.3) is 0 Å². The van der Waals surface area contributed by atoms with Crippen LogP contribution in [0.2, 0.25) is 0 Å². The van der Waals surface area contributed by atoms with Crippen molar-refractivity contribution < 1.29 is 14.3 Å². The summed E-state index contributed by atoms with van der Waals surface area (Å²) in [5.74, 6) is 1.32. The van der Waals surface area contributed by atoms with E-state index in [2.05, 4.69) is 18.8 Å². The predicted octanol–water partition coefficient (Wildman–Crippen LogP) is 5.85. The molecule has 0 saturated carbocycles. The molecule has 4 heteroatoms. The first-order valence-corrected chi connectivity index (χ1v) is 9.50. The second kappa shape index (κ2) is 11.1. The van der Waals surface area contributed by atoms with Crippen molar-refractivity contribution in [2.45, 2.75) is 39.5 Å². The van der Waals surface area contributed by atoms with Crippen LogP contribution < -0.4 is 14.8 Å². The molecule has 2 aromatic carbocycles. The van der Waals surface area contributed by atoms with Gasteiger partial charge in [0.25, 0.3) is 5.91 Å². The summed E-state index contributed by atoms with van der Waals surface area (Å²) in [6.07, 6.45) is 4.70. The quantitative estimate of drug-likeness (QED) is 0.400. The Bertz CT molecular complexity index is 738. The van der Waals surface area contributed by atoms with E-state index in [1.54, 1.807) is 18.2 Å². The van der Waals surface area contributed by atoms with Crippen LogP contribution in [-0.4, -0.2) is 19.1 Å². The van der Waals surface area contributed by atoms with Gasteiger partial charge in [-0.1, -0.05) is 38.8 Å². The van der Waals surface area contributed by atoms with Crippen molar-refractivity contribution in [3.05, 3.63) is 66.2 Å². The molecule has 0 heterocycles. The van der Waals surface area contributed by atoms with E-state index >= 15 is 0 Å². The number of anilines is 1. The van der Waals surface area contributed by atoms with Gasteiger partial charge in [-0.3, -0.25) is 4.79 Å². The molecule has 144 valence electrons. The van der Waals surface area contributed by atoms with Crippen molar-refractivity contribution in [2.75, 3.05) is 18.5 Å². The van der Waals surface area contributed by atoms with E-state index in [0.717, 1.165) is 17.7 Å². The van der Waals surface area contributed by atoms with Crippen molar-refractivity contribution in [3.63, 3.8) is 0 Å². The molecule has 0 saturated heterocycles. The molecule has 0 radical (unpaired) electrons. The van der Waals surface area contributed by atoms with Gasteiger partial charge in [-0.15, -0.1) is 0 Å². The summed E-state index contributed by atoms with van der Waals surface area (Å²) in [6, 6.07) is 14.6. The predicted molar refractivity (Wildman–Crippen MR) is 111 cm³/mol. The van der Waals surface area contributed by atoms with Gasteiger partial charge in [-0.2, -0.15) is 0 Å². The highest BCUT2D eigenvalue weighted by Crippen LogP contribution is 2.19. The largest absolute Gasteiger partial charge is 0.494 e. The summed E-state index contributed by atoms with van der Waals surface area (Å²) in [4.78, 5) is 12.4. The molecule has 0 fully saturated rings. The molecule has 0 atom stereocenters. The topological polar surface area (TPSA) is 47.6 Å². The van der Waals surface area contributed by atoms with Gasteiger partial charge in [0.15, 0.2) is 0 Å². The van der Waals surface area contributed by atoms with Crippen LogP contribution in [0.5, 0.6) is 11.5 Å². The van der Waals surface area contributed by atoms with Crippen molar-refractivity contribution in [1.82, 2.24) is 0 Å². The Labute approximate surface area is 162 Å². The summed E-state index contributed by atoms with van der Waals surface area (Å²) < 4.78 is 11.3. The minimum absolute atomic E-state index is 0.165. The van der Waals surface area contributed by atoms with Crippen LogP contribution in [0.1, 0.15) is 49.9 Å². The molecule has 0 aliphatic rings. The average Bonchev–Trinajstić information content (AvgIpc) is 2.67. The first-order chi connectivity index (χ1) is 13.1. The van der Waals surface area contributed by atoms with E-state index < -0.39 is 0 Å². The van der Waals surface area contributed by atoms with E-state index in [1.807, 2.05) is 37.3 Å². The normalized spacial score (nSPS) is 10.3. The second-order valence-corrected chi connectivity index (χ2v) is 6.66. The number of carbonyl (C=O) groups excluding carboxylic acids is 1. The van der Waals surface area contributed by atoms with Gasteiger partial charge < -0.3 is 14.8 Å². The third-order valence-electron chi connectivity index (χ3n) is 3.96. The molecule has 27 heavy (non-hydrogen) atoms. The van der Waals surface area contributed by atoms with Crippen LogP contribution in [-0.2, 0) is 0 Å². The highest BCUT2D eigenvalue weighted by atomic mass is 16.5. The Morgan fingerprint density at radius 3 is 2.48 bits per heavy atom. The summed E-state index contributed by atoms with van der Waals surface area (Å²) >= 11 is 0. The fraction of sp³-hybridized carbons (Fsp3) is 0.348. The van der Waals surface area contributed by atoms with Gasteiger partial charge in [-0.05, 0) is 55.3 Å². The van der Waals surface area contributed by atoms with E-state index in [4.69, 9.17) is 9.47 Å². The SMILES string of the molecule is C=C(C)COc1cccc(NC(=O)c2ccc(OCCCCCC)cc2)c1. The van der Waals surface area contributed by atoms with E-state index in [-0.39, 0.29) is 5.91 Å². The van der Waals surface area contributed by atoms with Crippen LogP contribution in [0.4, 0.5) is 5.69 Å². The lowest BCUT2D eigenvalue weighted by Gasteiger charge is -2.10. The lowest BCUT2D eigenvalue weighted by molar-refractivity contribution is 0.102. The summed E-state index contributed by atoms with van der Waals surface area (Å²) in [5, 5.41) is 2.89. The third kappa shape index (κ3) is 7.57. The van der Waals surface area contributed by atoms with Gasteiger partial charge in [0.05, 0.1) is 6.61 Å². The number of hydrogen-bond donors (Lipinski definition) is 1. The molecular formula is C23H29NO3. The third-order valence-corrected chi connectivity index (χ3v) is 3.96. The molecule has 1 amide bonds. The highest BCUT2D eigenvalue weighted by Gasteiger charge is 2.07. The Balaban J connectivity index is 1.86. The zero-order valence-electron chi connectivity index (χ0n) is 16.3. The summed E-state index contributed by atoms with van der Waals surface area (Å²) in [7, 11) is 0. The molecule has 0 aliphatic heterocycles. The van der Waals surface area contributed by atoms with Crippen LogP contribution >= 0.6 is 0 Å². The van der Waals surface area contributed by atoms with Gasteiger partial charge >= 0.3 is 0 Å². The number of nitrogens with one attached hydrogen (secondary N) is 1. The zero-order valence-corrected chi connectivity index (χ0v) is 16.3. The van der Waals surface area contributed by atoms with Crippen LogP contribution in [0.3, 0.4) is 0 Å². The van der Waals surface area contributed by atoms with Crippen molar-refractivity contribution in [1.29, 1.82) is 0 Å². The summed E-state index contributed by atoms with van der Waals surface area (Å²) in [5.41, 5.74) is 2.22. The van der Waals surface area contributed by atoms with Gasteiger partial charge in [0, 0.05) is 17.3 Å². The van der Waals surface area contributed by atoms with Crippen molar-refractivity contribution in [3.8, 4) is 11.5 Å². The fourth-order valence-corrected chi connectivity index (χ4v) is 2.49. The van der Waals surface area contributed by atoms with E-state index in [9.17, 15) is 4.79 Å². The molecule has 0 spiro atoms. The fourth-order valence-electron chi connectivity index (χ4n) is 2.49. The highest BCUT2D eigenvalue weighted by molar-refractivity contribution is 6.04. The first-order valence-electron chi connectivity index (χ1n) is 9.50. The maximum absolute atomic E-state index is 12.4. The van der Waals surface area contributed by atoms with E-state index in [1.165, 1.54) is 19.3 Å². The molecule has 1 N–H and O–H groups in total. The lowest BCUT2D eigenvalue weighted by Crippen LogP contribution is -2.12. The number of benzene rings is 2. The maximum Gasteiger partial charge on any atom is 0.255 e. The average molecular weight is 367 g/mol. The molecular weight excluding hydrogens is 338 g/mol. The lowest BCUT2D eigenvalue weighted by atomic mass is 10.2. The number of amides is 1. The molecule has 0 aliphatic carbocycles. The molecule has 0 bridgehead atoms. The number of unbranched alkanes of at least 4 members (excludes halogenated alkanes) is 3. The smallest absolute Gasteiger partial charge is 0.255 e. The minimum atomic E-state index is -0.165. The second-order valence-electron chi connectivity index (χ2n) is 6.66. The molecule has 4 nitrogen and oxygen atoms in total. The number of carbonyl (C=O) groups is 1. The van der Waals surface area contributed by atoms with Crippen molar-refractivity contribution >= 4 is 11.6 Å². The zero-order chi connectivity index (χ0) is 19.5. The molecule has 0 aromatic heterocycles. The molecule has 0 unspecified atom stereocenters. The van der Waals surface area contributed by atoms with Gasteiger partial charge in [0.2, 0.25) is 0 Å². The maximum atomic E-state index is 12.4. The van der Waals surface area contributed by atoms with Crippen molar-refractivity contribution in [2.24, 2.45) is 0 Å². The van der Waals surface area contributed by atoms with Gasteiger partial charge in [-0.25, -0.2) is 0 Å². The Morgan fingerprint density at radius 2 is 1.78 bits per heavy atom. The Kier molecular flexibility index (Phi) is 8.43. The standard InChI is InChI=1S/C23H29NO3/c1-4-5-6-7-15-26-21-13-11-19(12-14-21)23(25)24-20-9-8-10-22(16-20)27-17-18(2)3/h8-14,16H,2,4-7,15,17H2,1,3H3,(H,24,25). The molecule has 2 aromatic rings. The monoisotopic (exact) mass is 367 g/mol. The number of hydrogen-bond acceptors (Lipinski definition) is 3. The Hall–Kier alpha value is -2.75.